The molecule has 2 rings (SSSR count). The highest BCUT2D eigenvalue weighted by atomic mass is 32.2. The standard InChI is InChI=1S/C27H43N5O3S/c1-2-3-4-5-6-7-8-9-10-11-17-36-25-22-15-14-20(26(34)35)18-21(22)19-32(25)24(33)23(28)13-12-16-31-27(29)30/h14-15,18-19,23H,2-13,16-17,28H2,1H3,(H,34,35)(H4,29,30,31)/t23-/m0/s1. The lowest BCUT2D eigenvalue weighted by molar-refractivity contribution is 0.0696. The van der Waals surface area contributed by atoms with Crippen LogP contribution in [-0.2, 0) is 0 Å². The lowest BCUT2D eigenvalue weighted by Crippen LogP contribution is -2.35. The SMILES string of the molecule is CCCCCCCCCCCCSc1c2ccc(C(=O)O)cc2cn1C(=O)[C@@H](N)CCCN=C(N)N. The van der Waals surface area contributed by atoms with Crippen LogP contribution in [0.4, 0.5) is 0 Å². The fourth-order valence-electron chi connectivity index (χ4n) is 4.22. The summed E-state index contributed by atoms with van der Waals surface area (Å²) in [7, 11) is 0. The zero-order valence-electron chi connectivity index (χ0n) is 21.6. The molecule has 9 heteroatoms. The Morgan fingerprint density at radius 1 is 1.00 bits per heavy atom. The molecule has 1 heterocycles. The second kappa shape index (κ2) is 16.3. The molecule has 0 saturated carbocycles. The fourth-order valence-corrected chi connectivity index (χ4v) is 5.38. The van der Waals surface area contributed by atoms with E-state index in [4.69, 9.17) is 17.2 Å². The summed E-state index contributed by atoms with van der Waals surface area (Å²) in [4.78, 5) is 28.6. The topological polar surface area (TPSA) is 150 Å². The Morgan fingerprint density at radius 3 is 2.25 bits per heavy atom. The Hall–Kier alpha value is -2.52. The Morgan fingerprint density at radius 2 is 1.64 bits per heavy atom. The summed E-state index contributed by atoms with van der Waals surface area (Å²) in [5.41, 5.74) is 17.1. The number of carbonyl (C=O) groups excluding carboxylic acids is 1. The van der Waals surface area contributed by atoms with E-state index in [9.17, 15) is 14.7 Å². The van der Waals surface area contributed by atoms with Gasteiger partial charge in [-0.15, -0.1) is 11.8 Å². The summed E-state index contributed by atoms with van der Waals surface area (Å²) in [6.45, 7) is 2.66. The number of thioether (sulfide) groups is 1. The second-order valence-corrected chi connectivity index (χ2v) is 10.4. The van der Waals surface area contributed by atoms with Crippen molar-refractivity contribution in [3.8, 4) is 0 Å². The molecule has 1 atom stereocenters. The number of hydrogen-bond acceptors (Lipinski definition) is 5. The molecule has 0 aliphatic carbocycles. The smallest absolute Gasteiger partial charge is 0.335 e. The van der Waals surface area contributed by atoms with E-state index in [0.717, 1.165) is 28.0 Å². The number of hydrogen-bond donors (Lipinski definition) is 4. The van der Waals surface area contributed by atoms with Gasteiger partial charge in [-0.2, -0.15) is 0 Å². The fraction of sp³-hybridized carbons (Fsp3) is 0.593. The van der Waals surface area contributed by atoms with Crippen LogP contribution in [-0.4, -0.2) is 45.8 Å². The number of carbonyl (C=O) groups is 2. The predicted octanol–water partition coefficient (Wildman–Crippen LogP) is 5.37. The van der Waals surface area contributed by atoms with Gasteiger partial charge in [0.05, 0.1) is 16.6 Å². The van der Waals surface area contributed by atoms with Crippen LogP contribution >= 0.6 is 11.8 Å². The van der Waals surface area contributed by atoms with E-state index in [-0.39, 0.29) is 17.4 Å². The van der Waals surface area contributed by atoms with E-state index < -0.39 is 12.0 Å². The van der Waals surface area contributed by atoms with E-state index in [1.165, 1.54) is 57.8 Å². The van der Waals surface area contributed by atoms with Crippen molar-refractivity contribution in [1.82, 2.24) is 4.57 Å². The maximum absolute atomic E-state index is 13.2. The first kappa shape index (κ1) is 29.7. The molecule has 0 aliphatic heterocycles. The van der Waals surface area contributed by atoms with E-state index in [2.05, 4.69) is 11.9 Å². The maximum Gasteiger partial charge on any atom is 0.335 e. The lowest BCUT2D eigenvalue weighted by Gasteiger charge is -2.13. The largest absolute Gasteiger partial charge is 0.478 e. The van der Waals surface area contributed by atoms with E-state index >= 15 is 0 Å². The average molecular weight is 518 g/mol. The number of aromatic nitrogens is 1. The molecule has 200 valence electrons. The molecule has 8 nitrogen and oxygen atoms in total. The van der Waals surface area contributed by atoms with Crippen LogP contribution < -0.4 is 17.2 Å². The molecule has 1 aromatic heterocycles. The van der Waals surface area contributed by atoms with Crippen LogP contribution in [0.1, 0.15) is 99.1 Å². The molecule has 0 bridgehead atoms. The first-order valence-corrected chi connectivity index (χ1v) is 14.2. The molecule has 0 saturated heterocycles. The number of nitrogens with zero attached hydrogens (tertiary/aromatic N) is 2. The number of carboxylic acid groups (broad SMARTS) is 1. The van der Waals surface area contributed by atoms with Crippen LogP contribution in [0.25, 0.3) is 10.8 Å². The minimum atomic E-state index is -0.994. The molecule has 36 heavy (non-hydrogen) atoms. The summed E-state index contributed by atoms with van der Waals surface area (Å²) < 4.78 is 1.60. The molecule has 0 radical (unpaired) electrons. The van der Waals surface area contributed by atoms with E-state index in [1.807, 2.05) is 0 Å². The van der Waals surface area contributed by atoms with Gasteiger partial charge in [-0.3, -0.25) is 14.4 Å². The Balaban J connectivity index is 1.97. The summed E-state index contributed by atoms with van der Waals surface area (Å²) >= 11 is 1.64. The summed E-state index contributed by atoms with van der Waals surface area (Å²) in [6, 6.07) is 4.28. The Labute approximate surface area is 219 Å². The summed E-state index contributed by atoms with van der Waals surface area (Å²) in [6.07, 6.45) is 15.5. The van der Waals surface area contributed by atoms with Crippen LogP contribution in [0.2, 0.25) is 0 Å². The molecule has 1 aromatic carbocycles. The first-order chi connectivity index (χ1) is 17.3. The second-order valence-electron chi connectivity index (χ2n) is 9.34. The Kier molecular flexibility index (Phi) is 13.4. The zero-order valence-corrected chi connectivity index (χ0v) is 22.4. The van der Waals surface area contributed by atoms with Crippen molar-refractivity contribution < 1.29 is 14.7 Å². The molecule has 0 amide bonds. The van der Waals surface area contributed by atoms with Gasteiger partial charge in [0.2, 0.25) is 5.91 Å². The van der Waals surface area contributed by atoms with Gasteiger partial charge in [-0.05, 0) is 37.1 Å². The van der Waals surface area contributed by atoms with Gasteiger partial charge >= 0.3 is 5.97 Å². The molecule has 7 N–H and O–H groups in total. The van der Waals surface area contributed by atoms with Gasteiger partial charge in [-0.1, -0.05) is 70.8 Å². The number of guanidine groups is 1. The van der Waals surface area contributed by atoms with Crippen LogP contribution in [0.5, 0.6) is 0 Å². The molecule has 0 fully saturated rings. The van der Waals surface area contributed by atoms with Gasteiger partial charge in [0, 0.05) is 23.5 Å². The quantitative estimate of drug-likeness (QED) is 0.0898. The van der Waals surface area contributed by atoms with Crippen molar-refractivity contribution in [2.24, 2.45) is 22.2 Å². The maximum atomic E-state index is 13.2. The number of aromatic carboxylic acids is 1. The predicted molar refractivity (Wildman–Crippen MR) is 150 cm³/mol. The zero-order chi connectivity index (χ0) is 26.3. The molecule has 0 unspecified atom stereocenters. The van der Waals surface area contributed by atoms with Crippen molar-refractivity contribution in [3.05, 3.63) is 30.0 Å². The van der Waals surface area contributed by atoms with Crippen LogP contribution in [0.3, 0.4) is 0 Å². The van der Waals surface area contributed by atoms with E-state index in [0.29, 0.717) is 19.4 Å². The first-order valence-electron chi connectivity index (χ1n) is 13.2. The number of fused-ring (bicyclic) bond motifs is 1. The van der Waals surface area contributed by atoms with Crippen molar-refractivity contribution >= 4 is 40.4 Å². The molecule has 0 aliphatic rings. The summed E-state index contributed by atoms with van der Waals surface area (Å²) in [5, 5.41) is 11.8. The third-order valence-corrected chi connectivity index (χ3v) is 7.46. The number of aliphatic imine (C=N–C) groups is 1. The third kappa shape index (κ3) is 9.85. The monoisotopic (exact) mass is 517 g/mol. The minimum absolute atomic E-state index is 0.0199. The van der Waals surface area contributed by atoms with Gasteiger partial charge in [0.15, 0.2) is 5.96 Å². The van der Waals surface area contributed by atoms with Crippen molar-refractivity contribution in [1.29, 1.82) is 0 Å². The highest BCUT2D eigenvalue weighted by molar-refractivity contribution is 7.99. The normalized spacial score (nSPS) is 12.1. The number of nitrogens with two attached hydrogens (primary N) is 3. The molecular formula is C27H43N5O3S. The van der Waals surface area contributed by atoms with E-state index in [1.54, 1.807) is 40.7 Å². The van der Waals surface area contributed by atoms with Gasteiger partial charge < -0.3 is 22.3 Å². The van der Waals surface area contributed by atoms with Crippen molar-refractivity contribution in [2.45, 2.75) is 95.0 Å². The summed E-state index contributed by atoms with van der Waals surface area (Å²) in [5.74, 6) is -0.291. The number of carboxylic acids is 1. The van der Waals surface area contributed by atoms with Gasteiger partial charge in [-0.25, -0.2) is 4.79 Å². The van der Waals surface area contributed by atoms with Gasteiger partial charge in [0.25, 0.3) is 0 Å². The lowest BCUT2D eigenvalue weighted by atomic mass is 10.1. The number of rotatable bonds is 18. The molecule has 0 spiro atoms. The minimum Gasteiger partial charge on any atom is -0.478 e. The highest BCUT2D eigenvalue weighted by Gasteiger charge is 2.21. The highest BCUT2D eigenvalue weighted by Crippen LogP contribution is 2.32. The number of benzene rings is 1. The molecular weight excluding hydrogens is 474 g/mol. The Bertz CT molecular complexity index is 1000. The van der Waals surface area contributed by atoms with Crippen LogP contribution in [0.15, 0.2) is 34.4 Å². The molecule has 2 aromatic rings. The van der Waals surface area contributed by atoms with Gasteiger partial charge in [0.1, 0.15) is 0 Å². The van der Waals surface area contributed by atoms with Crippen molar-refractivity contribution in [2.75, 3.05) is 12.3 Å². The van der Waals surface area contributed by atoms with Crippen LogP contribution in [0, 0.1) is 0 Å². The average Bonchev–Trinajstić information content (AvgIpc) is 3.22. The third-order valence-electron chi connectivity index (χ3n) is 6.27. The van der Waals surface area contributed by atoms with Crippen molar-refractivity contribution in [3.63, 3.8) is 0 Å². The number of unbranched alkanes of at least 4 members (excludes halogenated alkanes) is 9.